The number of nitrogens with zero attached hydrogens (tertiary/aromatic N) is 4. The molecule has 24 heavy (non-hydrogen) atoms. The van der Waals surface area contributed by atoms with E-state index < -0.39 is 11.8 Å². The lowest BCUT2D eigenvalue weighted by molar-refractivity contribution is 0.584. The third kappa shape index (κ3) is 2.70. The number of pyridine rings is 1. The number of rotatable bonds is 2. The van der Waals surface area contributed by atoms with Crippen LogP contribution in [0.1, 0.15) is 5.56 Å². The second-order valence-electron chi connectivity index (χ2n) is 4.87. The Kier molecular flexibility index (Phi) is 3.75. The van der Waals surface area contributed by atoms with Crippen molar-refractivity contribution in [1.82, 2.24) is 15.0 Å². The van der Waals surface area contributed by atoms with E-state index in [1.54, 1.807) is 0 Å². The number of nitrogens with two attached hydrogens (primary N) is 2. The van der Waals surface area contributed by atoms with E-state index in [0.29, 0.717) is 11.1 Å². The summed E-state index contributed by atoms with van der Waals surface area (Å²) >= 11 is 0. The van der Waals surface area contributed by atoms with E-state index in [2.05, 4.69) is 15.0 Å². The first-order chi connectivity index (χ1) is 11.5. The maximum Gasteiger partial charge on any atom is 0.222 e. The highest BCUT2D eigenvalue weighted by atomic mass is 19.1. The molecule has 0 saturated carbocycles. The Labute approximate surface area is 135 Å². The Bertz CT molecular complexity index is 964. The standard InChI is InChI=1S/C16H10F2N6/c17-12-3-1-8(9-2-4-13(18)22-7-9)5-10(12)14-11(6-19)15(20)24-16(21)23-14/h1-5,7H,(H4,20,21,23,24). The molecule has 0 unspecified atom stereocenters. The summed E-state index contributed by atoms with van der Waals surface area (Å²) in [5.41, 5.74) is 12.3. The summed E-state index contributed by atoms with van der Waals surface area (Å²) in [6.45, 7) is 0. The fraction of sp³-hybridized carbons (Fsp3) is 0. The zero-order valence-electron chi connectivity index (χ0n) is 12.2. The molecule has 8 heteroatoms. The molecule has 0 aliphatic rings. The van der Waals surface area contributed by atoms with Crippen LogP contribution in [-0.2, 0) is 0 Å². The van der Waals surface area contributed by atoms with Gasteiger partial charge in [-0.1, -0.05) is 6.07 Å². The van der Waals surface area contributed by atoms with Gasteiger partial charge in [0, 0.05) is 17.3 Å². The molecule has 2 aromatic heterocycles. The minimum atomic E-state index is -0.621. The Morgan fingerprint density at radius 2 is 1.75 bits per heavy atom. The van der Waals surface area contributed by atoms with Gasteiger partial charge in [-0.25, -0.2) is 14.4 Å². The third-order valence-electron chi connectivity index (χ3n) is 3.35. The highest BCUT2D eigenvalue weighted by molar-refractivity contribution is 5.77. The number of benzene rings is 1. The van der Waals surface area contributed by atoms with Gasteiger partial charge in [0.2, 0.25) is 11.9 Å². The molecule has 0 saturated heterocycles. The Morgan fingerprint density at radius 1 is 1.00 bits per heavy atom. The molecule has 118 valence electrons. The lowest BCUT2D eigenvalue weighted by atomic mass is 10.0. The number of hydrogen-bond donors (Lipinski definition) is 2. The van der Waals surface area contributed by atoms with Crippen molar-refractivity contribution in [2.24, 2.45) is 0 Å². The van der Waals surface area contributed by atoms with Gasteiger partial charge in [-0.05, 0) is 29.8 Å². The van der Waals surface area contributed by atoms with Crippen LogP contribution in [0.2, 0.25) is 0 Å². The summed E-state index contributed by atoms with van der Waals surface area (Å²) in [5.74, 6) is -1.53. The van der Waals surface area contributed by atoms with E-state index in [9.17, 15) is 14.0 Å². The predicted octanol–water partition coefficient (Wildman–Crippen LogP) is 2.52. The number of anilines is 2. The molecule has 1 aromatic carbocycles. The molecule has 0 bridgehead atoms. The molecule has 0 aliphatic carbocycles. The van der Waals surface area contributed by atoms with Crippen molar-refractivity contribution in [3.8, 4) is 28.5 Å². The molecule has 6 nitrogen and oxygen atoms in total. The number of nitrogen functional groups attached to an aromatic ring is 2. The summed E-state index contributed by atoms with van der Waals surface area (Å²) in [6.07, 6.45) is 1.32. The normalized spacial score (nSPS) is 10.4. The van der Waals surface area contributed by atoms with Gasteiger partial charge in [0.05, 0.1) is 5.69 Å². The molecule has 0 aliphatic heterocycles. The van der Waals surface area contributed by atoms with E-state index in [0.717, 1.165) is 0 Å². The molecule has 3 aromatic rings. The van der Waals surface area contributed by atoms with Crippen LogP contribution in [0.25, 0.3) is 22.4 Å². The van der Waals surface area contributed by atoms with Gasteiger partial charge in [-0.15, -0.1) is 0 Å². The number of halogens is 2. The summed E-state index contributed by atoms with van der Waals surface area (Å²) < 4.78 is 27.2. The SMILES string of the molecule is N#Cc1c(N)nc(N)nc1-c1cc(-c2ccc(F)nc2)ccc1F. The van der Waals surface area contributed by atoms with Crippen molar-refractivity contribution < 1.29 is 8.78 Å². The van der Waals surface area contributed by atoms with Crippen molar-refractivity contribution in [1.29, 1.82) is 5.26 Å². The molecule has 0 atom stereocenters. The van der Waals surface area contributed by atoms with Gasteiger partial charge in [-0.2, -0.15) is 14.6 Å². The lowest BCUT2D eigenvalue weighted by Crippen LogP contribution is -2.05. The first-order valence-corrected chi connectivity index (χ1v) is 6.74. The van der Waals surface area contributed by atoms with E-state index >= 15 is 0 Å². The second-order valence-corrected chi connectivity index (χ2v) is 4.87. The summed E-state index contributed by atoms with van der Waals surface area (Å²) in [4.78, 5) is 11.2. The van der Waals surface area contributed by atoms with E-state index in [1.165, 1.54) is 36.5 Å². The van der Waals surface area contributed by atoms with Crippen molar-refractivity contribution in [2.75, 3.05) is 11.5 Å². The topological polar surface area (TPSA) is 114 Å². The molecule has 0 fully saturated rings. The Hall–Kier alpha value is -3.60. The van der Waals surface area contributed by atoms with Crippen molar-refractivity contribution in [3.05, 3.63) is 53.9 Å². The highest BCUT2D eigenvalue weighted by Crippen LogP contribution is 2.31. The third-order valence-corrected chi connectivity index (χ3v) is 3.35. The molecule has 2 heterocycles. The lowest BCUT2D eigenvalue weighted by Gasteiger charge is -2.10. The maximum absolute atomic E-state index is 14.3. The van der Waals surface area contributed by atoms with Crippen molar-refractivity contribution in [3.63, 3.8) is 0 Å². The number of nitriles is 1. The predicted molar refractivity (Wildman–Crippen MR) is 84.2 cm³/mol. The second kappa shape index (κ2) is 5.89. The molecule has 0 radical (unpaired) electrons. The molecule has 0 amide bonds. The van der Waals surface area contributed by atoms with Gasteiger partial charge in [-0.3, -0.25) is 0 Å². The average molecular weight is 324 g/mol. The summed E-state index contributed by atoms with van der Waals surface area (Å²) in [7, 11) is 0. The van der Waals surface area contributed by atoms with Gasteiger partial charge in [0.15, 0.2) is 0 Å². The number of hydrogen-bond acceptors (Lipinski definition) is 6. The van der Waals surface area contributed by atoms with Crippen LogP contribution in [0.4, 0.5) is 20.5 Å². The molecule has 3 rings (SSSR count). The van der Waals surface area contributed by atoms with Crippen LogP contribution in [-0.4, -0.2) is 15.0 Å². The number of aromatic nitrogens is 3. The minimum absolute atomic E-state index is 0.00285. The Balaban J connectivity index is 2.21. The van der Waals surface area contributed by atoms with Crippen LogP contribution in [0, 0.1) is 23.1 Å². The van der Waals surface area contributed by atoms with Crippen molar-refractivity contribution >= 4 is 11.8 Å². The van der Waals surface area contributed by atoms with Crippen LogP contribution in [0.15, 0.2) is 36.5 Å². The molecular formula is C16H10F2N6. The zero-order valence-corrected chi connectivity index (χ0v) is 12.2. The molecule has 0 spiro atoms. The summed E-state index contributed by atoms with van der Waals surface area (Å²) in [6, 6.07) is 8.73. The average Bonchev–Trinajstić information content (AvgIpc) is 2.55. The summed E-state index contributed by atoms with van der Waals surface area (Å²) in [5, 5.41) is 9.23. The van der Waals surface area contributed by atoms with Crippen LogP contribution < -0.4 is 11.5 Å². The highest BCUT2D eigenvalue weighted by Gasteiger charge is 2.17. The van der Waals surface area contributed by atoms with E-state index in [1.807, 2.05) is 6.07 Å². The van der Waals surface area contributed by atoms with Crippen molar-refractivity contribution in [2.45, 2.75) is 0 Å². The quantitative estimate of drug-likeness (QED) is 0.700. The van der Waals surface area contributed by atoms with Gasteiger partial charge in [0.25, 0.3) is 0 Å². The first kappa shape index (κ1) is 15.3. The first-order valence-electron chi connectivity index (χ1n) is 6.74. The fourth-order valence-corrected chi connectivity index (χ4v) is 2.23. The van der Waals surface area contributed by atoms with Gasteiger partial charge < -0.3 is 11.5 Å². The fourth-order valence-electron chi connectivity index (χ4n) is 2.23. The Morgan fingerprint density at radius 3 is 2.42 bits per heavy atom. The minimum Gasteiger partial charge on any atom is -0.382 e. The van der Waals surface area contributed by atoms with Crippen LogP contribution >= 0.6 is 0 Å². The molecular weight excluding hydrogens is 314 g/mol. The smallest absolute Gasteiger partial charge is 0.222 e. The van der Waals surface area contributed by atoms with Crippen LogP contribution in [0.5, 0.6) is 0 Å². The van der Waals surface area contributed by atoms with E-state index in [4.69, 9.17) is 11.5 Å². The van der Waals surface area contributed by atoms with Gasteiger partial charge >= 0.3 is 0 Å². The zero-order chi connectivity index (χ0) is 17.3. The van der Waals surface area contributed by atoms with Gasteiger partial charge in [0.1, 0.15) is 23.3 Å². The largest absolute Gasteiger partial charge is 0.382 e. The van der Waals surface area contributed by atoms with E-state index in [-0.39, 0.29) is 28.6 Å². The van der Waals surface area contributed by atoms with Crippen LogP contribution in [0.3, 0.4) is 0 Å². The molecule has 4 N–H and O–H groups in total. The maximum atomic E-state index is 14.3. The monoisotopic (exact) mass is 324 g/mol.